The van der Waals surface area contributed by atoms with Crippen LogP contribution in [0, 0.1) is 0 Å². The molecule has 5 heteroatoms. The maximum absolute atomic E-state index is 10.7. The van der Waals surface area contributed by atoms with E-state index in [0.29, 0.717) is 17.8 Å². The maximum Gasteiger partial charge on any atom is 0.115 e. The van der Waals surface area contributed by atoms with Crippen LogP contribution in [0.2, 0.25) is 0 Å². The lowest BCUT2D eigenvalue weighted by Gasteiger charge is -2.40. The number of hydrogen-bond donors (Lipinski definition) is 2. The Morgan fingerprint density at radius 2 is 1.42 bits per heavy atom. The molecule has 0 amide bonds. The van der Waals surface area contributed by atoms with Crippen molar-refractivity contribution in [1.29, 1.82) is 0 Å². The minimum Gasteiger partial charge on any atom is -0.508 e. The molecule has 2 atom stereocenters. The molecule has 0 unspecified atom stereocenters. The van der Waals surface area contributed by atoms with E-state index >= 15 is 0 Å². The SMILES string of the molecule is Oc1ccc(N2CCN([C@H]3CN(C4CCCCCC4)C[C@@H]3O)CC2)cc1. The minimum atomic E-state index is -0.210. The number of phenolic OH excluding ortho intramolecular Hbond substituents is 1. The van der Waals surface area contributed by atoms with Gasteiger partial charge in [-0.1, -0.05) is 25.7 Å². The first kappa shape index (κ1) is 18.1. The molecule has 1 aromatic rings. The molecular formula is C21H33N3O2. The van der Waals surface area contributed by atoms with E-state index in [2.05, 4.69) is 14.7 Å². The number of likely N-dealkylation sites (tertiary alicyclic amines) is 1. The van der Waals surface area contributed by atoms with Crippen molar-refractivity contribution in [3.05, 3.63) is 24.3 Å². The van der Waals surface area contributed by atoms with Crippen LogP contribution in [-0.2, 0) is 0 Å². The second kappa shape index (κ2) is 8.15. The van der Waals surface area contributed by atoms with Crippen molar-refractivity contribution in [1.82, 2.24) is 9.80 Å². The van der Waals surface area contributed by atoms with Gasteiger partial charge in [-0.25, -0.2) is 0 Å². The lowest BCUT2D eigenvalue weighted by molar-refractivity contribution is 0.0790. The first-order chi connectivity index (χ1) is 12.7. The fourth-order valence-electron chi connectivity index (χ4n) is 5.05. The van der Waals surface area contributed by atoms with Gasteiger partial charge in [0.2, 0.25) is 0 Å². The molecule has 5 nitrogen and oxygen atoms in total. The van der Waals surface area contributed by atoms with Crippen LogP contribution in [0.4, 0.5) is 5.69 Å². The Kier molecular flexibility index (Phi) is 5.67. The first-order valence-corrected chi connectivity index (χ1v) is 10.4. The van der Waals surface area contributed by atoms with Gasteiger partial charge in [0, 0.05) is 57.0 Å². The summed E-state index contributed by atoms with van der Waals surface area (Å²) in [4.78, 5) is 7.45. The van der Waals surface area contributed by atoms with Gasteiger partial charge in [-0.2, -0.15) is 0 Å². The van der Waals surface area contributed by atoms with E-state index < -0.39 is 0 Å². The van der Waals surface area contributed by atoms with Gasteiger partial charge < -0.3 is 15.1 Å². The van der Waals surface area contributed by atoms with Crippen LogP contribution in [0.25, 0.3) is 0 Å². The normalized spacial score (nSPS) is 29.8. The summed E-state index contributed by atoms with van der Waals surface area (Å²) >= 11 is 0. The summed E-state index contributed by atoms with van der Waals surface area (Å²) in [6.45, 7) is 5.86. The highest BCUT2D eigenvalue weighted by Crippen LogP contribution is 2.28. The number of β-amino-alcohol motifs (C(OH)–C–C–N with tert-alkyl or cyclic N) is 1. The van der Waals surface area contributed by atoms with Crippen molar-refractivity contribution in [3.63, 3.8) is 0 Å². The van der Waals surface area contributed by atoms with Gasteiger partial charge in [0.25, 0.3) is 0 Å². The standard InChI is InChI=1S/C21H33N3O2/c25-19-9-7-18(8-10-19)22-11-13-23(14-12-22)20-15-24(16-21(20)26)17-5-3-1-2-4-6-17/h7-10,17,20-21,25-26H,1-6,11-16H2/t20-,21-/m0/s1. The van der Waals surface area contributed by atoms with Gasteiger partial charge in [0.05, 0.1) is 6.10 Å². The number of nitrogens with zero attached hydrogens (tertiary/aromatic N) is 3. The van der Waals surface area contributed by atoms with Crippen LogP contribution in [0.15, 0.2) is 24.3 Å². The summed E-state index contributed by atoms with van der Waals surface area (Å²) < 4.78 is 0. The smallest absolute Gasteiger partial charge is 0.115 e. The van der Waals surface area contributed by atoms with Crippen LogP contribution < -0.4 is 4.90 Å². The molecule has 1 aromatic carbocycles. The van der Waals surface area contributed by atoms with E-state index in [9.17, 15) is 10.2 Å². The summed E-state index contributed by atoms with van der Waals surface area (Å²) in [7, 11) is 0. The minimum absolute atomic E-state index is 0.210. The summed E-state index contributed by atoms with van der Waals surface area (Å²) in [5, 5.41) is 20.2. The number of benzene rings is 1. The largest absolute Gasteiger partial charge is 0.508 e. The third kappa shape index (κ3) is 4.00. The number of piperazine rings is 1. The lowest BCUT2D eigenvalue weighted by atomic mass is 10.1. The number of hydrogen-bond acceptors (Lipinski definition) is 5. The molecule has 0 radical (unpaired) electrons. The molecule has 2 heterocycles. The Morgan fingerprint density at radius 1 is 0.769 bits per heavy atom. The highest BCUT2D eigenvalue weighted by molar-refractivity contribution is 5.49. The van der Waals surface area contributed by atoms with Gasteiger partial charge >= 0.3 is 0 Å². The van der Waals surface area contributed by atoms with Crippen molar-refractivity contribution in [2.45, 2.75) is 56.7 Å². The van der Waals surface area contributed by atoms with Crippen LogP contribution in [0.5, 0.6) is 5.75 Å². The molecule has 0 aromatic heterocycles. The summed E-state index contributed by atoms with van der Waals surface area (Å²) in [5.41, 5.74) is 1.18. The Labute approximate surface area is 157 Å². The average molecular weight is 360 g/mol. The van der Waals surface area contributed by atoms with E-state index in [0.717, 1.165) is 39.3 Å². The third-order valence-corrected chi connectivity index (χ3v) is 6.63. The molecule has 3 fully saturated rings. The maximum atomic E-state index is 10.7. The van der Waals surface area contributed by atoms with E-state index in [1.165, 1.54) is 44.2 Å². The molecule has 1 saturated carbocycles. The van der Waals surface area contributed by atoms with Crippen LogP contribution in [-0.4, -0.2) is 77.5 Å². The predicted octanol–water partition coefficient (Wildman–Crippen LogP) is 2.28. The molecule has 4 rings (SSSR count). The third-order valence-electron chi connectivity index (χ3n) is 6.63. The second-order valence-corrected chi connectivity index (χ2v) is 8.27. The number of aliphatic hydroxyl groups is 1. The molecule has 2 N–H and O–H groups in total. The fourth-order valence-corrected chi connectivity index (χ4v) is 5.05. The number of rotatable bonds is 3. The van der Waals surface area contributed by atoms with Crippen LogP contribution in [0.3, 0.4) is 0 Å². The van der Waals surface area contributed by atoms with Crippen molar-refractivity contribution >= 4 is 5.69 Å². The van der Waals surface area contributed by atoms with Crippen molar-refractivity contribution < 1.29 is 10.2 Å². The average Bonchev–Trinajstić information content (AvgIpc) is 2.87. The van der Waals surface area contributed by atoms with Crippen LogP contribution >= 0.6 is 0 Å². The van der Waals surface area contributed by atoms with Gasteiger partial charge in [0.15, 0.2) is 0 Å². The number of aromatic hydroxyl groups is 1. The van der Waals surface area contributed by atoms with E-state index in [1.54, 1.807) is 12.1 Å². The summed E-state index contributed by atoms with van der Waals surface area (Å²) in [5.74, 6) is 0.320. The fraction of sp³-hybridized carbons (Fsp3) is 0.714. The van der Waals surface area contributed by atoms with E-state index in [-0.39, 0.29) is 6.10 Å². The predicted molar refractivity (Wildman–Crippen MR) is 105 cm³/mol. The van der Waals surface area contributed by atoms with E-state index in [4.69, 9.17) is 0 Å². The Morgan fingerprint density at radius 3 is 2.08 bits per heavy atom. The zero-order chi connectivity index (χ0) is 17.9. The van der Waals surface area contributed by atoms with Gasteiger partial charge in [-0.05, 0) is 37.1 Å². The monoisotopic (exact) mass is 359 g/mol. The molecule has 0 bridgehead atoms. The molecule has 3 aliphatic rings. The second-order valence-electron chi connectivity index (χ2n) is 8.27. The van der Waals surface area contributed by atoms with Crippen molar-refractivity contribution in [2.24, 2.45) is 0 Å². The quantitative estimate of drug-likeness (QED) is 0.811. The number of anilines is 1. The van der Waals surface area contributed by atoms with Crippen LogP contribution in [0.1, 0.15) is 38.5 Å². The highest BCUT2D eigenvalue weighted by Gasteiger charge is 2.39. The molecular weight excluding hydrogens is 326 g/mol. The zero-order valence-corrected chi connectivity index (χ0v) is 15.8. The summed E-state index contributed by atoms with van der Waals surface area (Å²) in [6, 6.07) is 8.47. The van der Waals surface area contributed by atoms with Gasteiger partial charge in [-0.15, -0.1) is 0 Å². The summed E-state index contributed by atoms with van der Waals surface area (Å²) in [6.07, 6.45) is 7.90. The molecule has 144 valence electrons. The number of aliphatic hydroxyl groups excluding tert-OH is 1. The zero-order valence-electron chi connectivity index (χ0n) is 15.8. The van der Waals surface area contributed by atoms with Crippen molar-refractivity contribution in [3.8, 4) is 5.75 Å². The Bertz CT molecular complexity index is 563. The Balaban J connectivity index is 1.31. The van der Waals surface area contributed by atoms with E-state index in [1.807, 2.05) is 12.1 Å². The number of phenols is 1. The lowest BCUT2D eigenvalue weighted by Crippen LogP contribution is -2.53. The highest BCUT2D eigenvalue weighted by atomic mass is 16.3. The molecule has 2 saturated heterocycles. The topological polar surface area (TPSA) is 50.2 Å². The van der Waals surface area contributed by atoms with Gasteiger partial charge in [-0.3, -0.25) is 9.80 Å². The molecule has 0 spiro atoms. The molecule has 2 aliphatic heterocycles. The first-order valence-electron chi connectivity index (χ1n) is 10.4. The van der Waals surface area contributed by atoms with Crippen molar-refractivity contribution in [2.75, 3.05) is 44.2 Å². The molecule has 26 heavy (non-hydrogen) atoms. The van der Waals surface area contributed by atoms with Gasteiger partial charge in [0.1, 0.15) is 5.75 Å². The molecule has 1 aliphatic carbocycles. The Hall–Kier alpha value is -1.30.